The van der Waals surface area contributed by atoms with Gasteiger partial charge in [0.2, 0.25) is 0 Å². The molecule has 0 spiro atoms. The Bertz CT molecular complexity index is 386. The van der Waals surface area contributed by atoms with Crippen molar-refractivity contribution < 1.29 is 4.74 Å². The summed E-state index contributed by atoms with van der Waals surface area (Å²) in [6, 6.07) is 8.93. The van der Waals surface area contributed by atoms with Gasteiger partial charge in [0.1, 0.15) is 5.75 Å². The van der Waals surface area contributed by atoms with E-state index < -0.39 is 0 Å². The molecule has 0 radical (unpaired) electrons. The molecule has 3 heteroatoms. The van der Waals surface area contributed by atoms with Gasteiger partial charge >= 0.3 is 0 Å². The van der Waals surface area contributed by atoms with Crippen molar-refractivity contribution in [3.8, 4) is 5.75 Å². The number of likely N-dealkylation sites (tertiary alicyclic amines) is 1. The zero-order valence-corrected chi connectivity index (χ0v) is 12.4. The monoisotopic (exact) mass is 262 g/mol. The maximum Gasteiger partial charge on any atom is 0.119 e. The van der Waals surface area contributed by atoms with E-state index in [-0.39, 0.29) is 0 Å². The molecule has 1 aliphatic rings. The van der Waals surface area contributed by atoms with E-state index in [9.17, 15) is 0 Å². The van der Waals surface area contributed by atoms with Crippen molar-refractivity contribution in [2.45, 2.75) is 25.8 Å². The second-order valence-corrected chi connectivity index (χ2v) is 5.49. The first-order valence-corrected chi connectivity index (χ1v) is 7.27. The van der Waals surface area contributed by atoms with Gasteiger partial charge in [0.05, 0.1) is 7.11 Å². The molecular weight excluding hydrogens is 236 g/mol. The van der Waals surface area contributed by atoms with Gasteiger partial charge in [-0.3, -0.25) is 4.90 Å². The molecule has 1 N–H and O–H groups in total. The summed E-state index contributed by atoms with van der Waals surface area (Å²) in [6.07, 6.45) is 2.60. The molecular formula is C16H26N2O. The van der Waals surface area contributed by atoms with Gasteiger partial charge in [-0.1, -0.05) is 12.1 Å². The van der Waals surface area contributed by atoms with Gasteiger partial charge in [0.15, 0.2) is 0 Å². The maximum atomic E-state index is 5.31. The van der Waals surface area contributed by atoms with E-state index in [2.05, 4.69) is 35.3 Å². The average Bonchev–Trinajstić information content (AvgIpc) is 2.48. The Morgan fingerprint density at radius 3 is 2.74 bits per heavy atom. The molecule has 1 aliphatic heterocycles. The summed E-state index contributed by atoms with van der Waals surface area (Å²) in [5.74, 6) is 1.80. The van der Waals surface area contributed by atoms with Gasteiger partial charge in [0.25, 0.3) is 0 Å². The van der Waals surface area contributed by atoms with Crippen LogP contribution in [0.1, 0.15) is 31.4 Å². The lowest BCUT2D eigenvalue weighted by atomic mass is 9.94. The highest BCUT2D eigenvalue weighted by Gasteiger charge is 2.23. The number of nitrogens with one attached hydrogen (secondary N) is 1. The Morgan fingerprint density at radius 2 is 2.11 bits per heavy atom. The minimum atomic E-state index is 0.477. The van der Waals surface area contributed by atoms with Crippen molar-refractivity contribution in [3.63, 3.8) is 0 Å². The SMILES string of the molecule is CNCC1CCN(C(C)c2cccc(OC)c2)CC1. The fourth-order valence-electron chi connectivity index (χ4n) is 2.95. The Kier molecular flexibility index (Phi) is 5.23. The van der Waals surface area contributed by atoms with Crippen LogP contribution in [0.3, 0.4) is 0 Å². The number of nitrogens with zero attached hydrogens (tertiary/aromatic N) is 1. The number of hydrogen-bond donors (Lipinski definition) is 1. The van der Waals surface area contributed by atoms with E-state index in [0.29, 0.717) is 6.04 Å². The molecule has 1 heterocycles. The molecule has 0 aromatic heterocycles. The highest BCUT2D eigenvalue weighted by molar-refractivity contribution is 5.30. The predicted molar refractivity (Wildman–Crippen MR) is 79.6 cm³/mol. The van der Waals surface area contributed by atoms with Crippen LogP contribution in [0, 0.1) is 5.92 Å². The van der Waals surface area contributed by atoms with Crippen molar-refractivity contribution in [1.82, 2.24) is 10.2 Å². The minimum Gasteiger partial charge on any atom is -0.497 e. The Hall–Kier alpha value is -1.06. The van der Waals surface area contributed by atoms with Gasteiger partial charge in [0, 0.05) is 6.04 Å². The lowest BCUT2D eigenvalue weighted by molar-refractivity contribution is 0.141. The van der Waals surface area contributed by atoms with E-state index >= 15 is 0 Å². The normalized spacial score (nSPS) is 19.3. The summed E-state index contributed by atoms with van der Waals surface area (Å²) in [4.78, 5) is 2.58. The number of rotatable bonds is 5. The lowest BCUT2D eigenvalue weighted by Crippen LogP contribution is -2.38. The molecule has 0 amide bonds. The molecule has 1 aromatic carbocycles. The first-order valence-electron chi connectivity index (χ1n) is 7.27. The van der Waals surface area contributed by atoms with Gasteiger partial charge < -0.3 is 10.1 Å². The Balaban J connectivity index is 1.94. The second kappa shape index (κ2) is 6.92. The van der Waals surface area contributed by atoms with Crippen LogP contribution in [0.4, 0.5) is 0 Å². The summed E-state index contributed by atoms with van der Waals surface area (Å²) in [7, 11) is 3.78. The van der Waals surface area contributed by atoms with Crippen LogP contribution in [0.15, 0.2) is 24.3 Å². The standard InChI is InChI=1S/C16H26N2O/c1-13(15-5-4-6-16(11-15)19-3)18-9-7-14(8-10-18)12-17-2/h4-6,11,13-14,17H,7-10,12H2,1-3H3. The zero-order chi connectivity index (χ0) is 13.7. The van der Waals surface area contributed by atoms with Crippen molar-refractivity contribution in [3.05, 3.63) is 29.8 Å². The van der Waals surface area contributed by atoms with Crippen molar-refractivity contribution >= 4 is 0 Å². The zero-order valence-electron chi connectivity index (χ0n) is 12.4. The molecule has 1 atom stereocenters. The molecule has 0 saturated carbocycles. The van der Waals surface area contributed by atoms with Gasteiger partial charge in [-0.05, 0) is 70.1 Å². The third-order valence-electron chi connectivity index (χ3n) is 4.27. The molecule has 1 unspecified atom stereocenters. The third-order valence-corrected chi connectivity index (χ3v) is 4.27. The Morgan fingerprint density at radius 1 is 1.37 bits per heavy atom. The van der Waals surface area contributed by atoms with Gasteiger partial charge in [-0.15, -0.1) is 0 Å². The molecule has 106 valence electrons. The van der Waals surface area contributed by atoms with Crippen LogP contribution in [-0.2, 0) is 0 Å². The van der Waals surface area contributed by atoms with Crippen LogP contribution < -0.4 is 10.1 Å². The number of ether oxygens (including phenoxy) is 1. The molecule has 0 aliphatic carbocycles. The van der Waals surface area contributed by atoms with Crippen molar-refractivity contribution in [1.29, 1.82) is 0 Å². The summed E-state index contributed by atoms with van der Waals surface area (Å²) >= 11 is 0. The number of methoxy groups -OCH3 is 1. The van der Waals surface area contributed by atoms with Crippen LogP contribution >= 0.6 is 0 Å². The van der Waals surface area contributed by atoms with Crippen molar-refractivity contribution in [2.75, 3.05) is 33.8 Å². The van der Waals surface area contributed by atoms with E-state index in [1.807, 2.05) is 13.1 Å². The Labute approximate surface area is 116 Å². The van der Waals surface area contributed by atoms with Crippen LogP contribution in [0.5, 0.6) is 5.75 Å². The summed E-state index contributed by atoms with van der Waals surface area (Å²) in [6.45, 7) is 5.85. The fourth-order valence-corrected chi connectivity index (χ4v) is 2.95. The highest BCUT2D eigenvalue weighted by atomic mass is 16.5. The van der Waals surface area contributed by atoms with E-state index in [1.165, 1.54) is 31.5 Å². The topological polar surface area (TPSA) is 24.5 Å². The van der Waals surface area contributed by atoms with Crippen LogP contribution in [0.25, 0.3) is 0 Å². The first kappa shape index (κ1) is 14.4. The largest absolute Gasteiger partial charge is 0.497 e. The molecule has 1 fully saturated rings. The molecule has 2 rings (SSSR count). The lowest BCUT2D eigenvalue weighted by Gasteiger charge is -2.36. The van der Waals surface area contributed by atoms with Crippen LogP contribution in [-0.4, -0.2) is 38.7 Å². The number of hydrogen-bond acceptors (Lipinski definition) is 3. The first-order chi connectivity index (χ1) is 9.24. The second-order valence-electron chi connectivity index (χ2n) is 5.49. The molecule has 0 bridgehead atoms. The van der Waals surface area contributed by atoms with Gasteiger partial charge in [-0.25, -0.2) is 0 Å². The van der Waals surface area contributed by atoms with Crippen molar-refractivity contribution in [2.24, 2.45) is 5.92 Å². The highest BCUT2D eigenvalue weighted by Crippen LogP contribution is 2.28. The molecule has 1 aromatic rings. The van der Waals surface area contributed by atoms with Crippen LogP contribution in [0.2, 0.25) is 0 Å². The fraction of sp³-hybridized carbons (Fsp3) is 0.625. The van der Waals surface area contributed by atoms with E-state index in [0.717, 1.165) is 18.2 Å². The molecule has 19 heavy (non-hydrogen) atoms. The quantitative estimate of drug-likeness (QED) is 0.883. The molecule has 1 saturated heterocycles. The minimum absolute atomic E-state index is 0.477. The molecule has 3 nitrogen and oxygen atoms in total. The summed E-state index contributed by atoms with van der Waals surface area (Å²) in [5, 5.41) is 3.29. The number of benzene rings is 1. The van der Waals surface area contributed by atoms with E-state index in [4.69, 9.17) is 4.74 Å². The maximum absolute atomic E-state index is 5.31. The summed E-state index contributed by atoms with van der Waals surface area (Å²) < 4.78 is 5.31. The third kappa shape index (κ3) is 3.71. The number of piperidine rings is 1. The van der Waals surface area contributed by atoms with E-state index in [1.54, 1.807) is 7.11 Å². The predicted octanol–water partition coefficient (Wildman–Crippen LogP) is 2.69. The van der Waals surface area contributed by atoms with Gasteiger partial charge in [-0.2, -0.15) is 0 Å². The summed E-state index contributed by atoms with van der Waals surface area (Å²) in [5.41, 5.74) is 1.35. The smallest absolute Gasteiger partial charge is 0.119 e. The average molecular weight is 262 g/mol.